The minimum absolute atomic E-state index is 0.0894. The number of fused-ring (bicyclic) bond motifs is 1. The van der Waals surface area contributed by atoms with Crippen molar-refractivity contribution in [3.63, 3.8) is 0 Å². The van der Waals surface area contributed by atoms with E-state index in [0.717, 1.165) is 27.7 Å². The van der Waals surface area contributed by atoms with Gasteiger partial charge in [-0.3, -0.25) is 4.79 Å². The lowest BCUT2D eigenvalue weighted by Gasteiger charge is -2.09. The van der Waals surface area contributed by atoms with Crippen LogP contribution in [0.1, 0.15) is 6.92 Å². The molecular weight excluding hydrogens is 318 g/mol. The molecule has 6 heteroatoms. The number of methoxy groups -OCH3 is 1. The van der Waals surface area contributed by atoms with Crippen LogP contribution in [-0.2, 0) is 9.53 Å². The van der Waals surface area contributed by atoms with Crippen LogP contribution in [0.3, 0.4) is 0 Å². The van der Waals surface area contributed by atoms with E-state index in [0.29, 0.717) is 19.1 Å². The van der Waals surface area contributed by atoms with E-state index in [1.165, 1.54) is 13.3 Å². The van der Waals surface area contributed by atoms with Gasteiger partial charge < -0.3 is 14.8 Å². The number of hydrogen-bond acceptors (Lipinski definition) is 5. The van der Waals surface area contributed by atoms with Gasteiger partial charge in [0.2, 0.25) is 11.8 Å². The number of carbonyl (C=O) groups is 1. The Labute approximate surface area is 145 Å². The topological polar surface area (TPSA) is 73.3 Å². The summed E-state index contributed by atoms with van der Waals surface area (Å²) < 4.78 is 10.7. The zero-order valence-corrected chi connectivity index (χ0v) is 14.2. The van der Waals surface area contributed by atoms with Gasteiger partial charge in [-0.25, -0.2) is 9.97 Å². The fourth-order valence-corrected chi connectivity index (χ4v) is 2.50. The van der Waals surface area contributed by atoms with Crippen LogP contribution >= 0.6 is 0 Å². The second-order valence-corrected chi connectivity index (χ2v) is 5.51. The van der Waals surface area contributed by atoms with E-state index in [2.05, 4.69) is 15.3 Å². The van der Waals surface area contributed by atoms with Gasteiger partial charge in [0.05, 0.1) is 17.5 Å². The van der Waals surface area contributed by atoms with Gasteiger partial charge in [-0.2, -0.15) is 0 Å². The first-order valence-corrected chi connectivity index (χ1v) is 7.92. The first-order chi connectivity index (χ1) is 12.2. The van der Waals surface area contributed by atoms with Crippen LogP contribution in [0.15, 0.2) is 48.8 Å². The molecule has 0 unspecified atom stereocenters. The highest BCUT2D eigenvalue weighted by Crippen LogP contribution is 2.28. The first-order valence-electron chi connectivity index (χ1n) is 7.92. The standard InChI is InChI=1S/C19H19N3O3/c1-13(23)22-16-6-3-14(4-7-16)15-5-8-18-17(11-15)19(21-12-20-18)25-10-9-24-2/h3-8,11-12H,9-10H2,1-2H3,(H,22,23). The maximum atomic E-state index is 11.1. The number of carbonyl (C=O) groups excluding carboxylic acids is 1. The van der Waals surface area contributed by atoms with Gasteiger partial charge in [-0.05, 0) is 35.4 Å². The molecule has 3 aromatic rings. The Hall–Kier alpha value is -2.99. The molecule has 1 N–H and O–H groups in total. The summed E-state index contributed by atoms with van der Waals surface area (Å²) in [5.41, 5.74) is 3.64. The second-order valence-electron chi connectivity index (χ2n) is 5.51. The van der Waals surface area contributed by atoms with Crippen LogP contribution in [0.25, 0.3) is 22.0 Å². The van der Waals surface area contributed by atoms with Gasteiger partial charge in [0, 0.05) is 19.7 Å². The molecule has 1 amide bonds. The summed E-state index contributed by atoms with van der Waals surface area (Å²) in [5, 5.41) is 3.61. The lowest BCUT2D eigenvalue weighted by Crippen LogP contribution is -2.06. The van der Waals surface area contributed by atoms with E-state index in [1.807, 2.05) is 42.5 Å². The molecule has 3 rings (SSSR count). The van der Waals surface area contributed by atoms with Gasteiger partial charge in [-0.15, -0.1) is 0 Å². The summed E-state index contributed by atoms with van der Waals surface area (Å²) in [6.07, 6.45) is 1.49. The molecule has 0 spiro atoms. The molecule has 6 nitrogen and oxygen atoms in total. The van der Waals surface area contributed by atoms with Crippen molar-refractivity contribution in [2.45, 2.75) is 6.92 Å². The number of nitrogens with zero attached hydrogens (tertiary/aromatic N) is 2. The highest BCUT2D eigenvalue weighted by atomic mass is 16.5. The SMILES string of the molecule is COCCOc1ncnc2ccc(-c3ccc(NC(C)=O)cc3)cc12. The average molecular weight is 337 g/mol. The Kier molecular flexibility index (Phi) is 5.20. The fourth-order valence-electron chi connectivity index (χ4n) is 2.50. The van der Waals surface area contributed by atoms with Crippen molar-refractivity contribution < 1.29 is 14.3 Å². The summed E-state index contributed by atoms with van der Waals surface area (Å²) in [6, 6.07) is 13.6. The third-order valence-electron chi connectivity index (χ3n) is 3.66. The Morgan fingerprint density at radius 2 is 1.80 bits per heavy atom. The lowest BCUT2D eigenvalue weighted by atomic mass is 10.0. The highest BCUT2D eigenvalue weighted by molar-refractivity contribution is 5.90. The quantitative estimate of drug-likeness (QED) is 0.699. The number of anilines is 1. The third kappa shape index (κ3) is 4.10. The molecule has 1 heterocycles. The molecule has 0 atom stereocenters. The van der Waals surface area contributed by atoms with Crippen molar-refractivity contribution in [3.8, 4) is 17.0 Å². The van der Waals surface area contributed by atoms with Crippen LogP contribution in [0, 0.1) is 0 Å². The zero-order chi connectivity index (χ0) is 17.6. The molecule has 1 aromatic heterocycles. The molecule has 0 saturated carbocycles. The van der Waals surface area contributed by atoms with E-state index in [-0.39, 0.29) is 5.91 Å². The van der Waals surface area contributed by atoms with Gasteiger partial charge in [0.15, 0.2) is 0 Å². The first kappa shape index (κ1) is 16.9. The molecule has 0 aliphatic heterocycles. The highest BCUT2D eigenvalue weighted by Gasteiger charge is 2.07. The molecule has 25 heavy (non-hydrogen) atoms. The molecule has 128 valence electrons. The molecule has 0 radical (unpaired) electrons. The van der Waals surface area contributed by atoms with Crippen LogP contribution in [0.4, 0.5) is 5.69 Å². The number of benzene rings is 2. The smallest absolute Gasteiger partial charge is 0.224 e. The Morgan fingerprint density at radius 3 is 2.52 bits per heavy atom. The number of rotatable bonds is 6. The average Bonchev–Trinajstić information content (AvgIpc) is 2.62. The monoisotopic (exact) mass is 337 g/mol. The second kappa shape index (κ2) is 7.72. The van der Waals surface area contributed by atoms with Crippen LogP contribution in [-0.4, -0.2) is 36.2 Å². The van der Waals surface area contributed by atoms with Gasteiger partial charge in [-0.1, -0.05) is 18.2 Å². The Balaban J connectivity index is 1.91. The van der Waals surface area contributed by atoms with Gasteiger partial charge in [0.1, 0.15) is 12.9 Å². The molecule has 0 aliphatic rings. The van der Waals surface area contributed by atoms with Gasteiger partial charge in [0.25, 0.3) is 0 Å². The van der Waals surface area contributed by atoms with Crippen molar-refractivity contribution in [1.82, 2.24) is 9.97 Å². The number of hydrogen-bond donors (Lipinski definition) is 1. The molecule has 2 aromatic carbocycles. The van der Waals surface area contributed by atoms with Crippen molar-refractivity contribution >= 4 is 22.5 Å². The van der Waals surface area contributed by atoms with E-state index in [4.69, 9.17) is 9.47 Å². The summed E-state index contributed by atoms with van der Waals surface area (Å²) in [5.74, 6) is 0.451. The number of amides is 1. The molecule has 0 fully saturated rings. The Bertz CT molecular complexity index is 879. The van der Waals surface area contributed by atoms with Crippen molar-refractivity contribution in [2.24, 2.45) is 0 Å². The molecular formula is C19H19N3O3. The van der Waals surface area contributed by atoms with Crippen LogP contribution in [0.2, 0.25) is 0 Å². The summed E-state index contributed by atoms with van der Waals surface area (Å²) in [7, 11) is 1.63. The van der Waals surface area contributed by atoms with E-state index in [1.54, 1.807) is 7.11 Å². The number of ether oxygens (including phenoxy) is 2. The lowest BCUT2D eigenvalue weighted by molar-refractivity contribution is -0.114. The van der Waals surface area contributed by atoms with Gasteiger partial charge >= 0.3 is 0 Å². The van der Waals surface area contributed by atoms with E-state index >= 15 is 0 Å². The maximum absolute atomic E-state index is 11.1. The number of aromatic nitrogens is 2. The minimum atomic E-state index is -0.0894. The predicted octanol–water partition coefficient (Wildman–Crippen LogP) is 3.28. The predicted molar refractivity (Wildman–Crippen MR) is 96.6 cm³/mol. The molecule has 0 saturated heterocycles. The van der Waals surface area contributed by atoms with Crippen molar-refractivity contribution in [1.29, 1.82) is 0 Å². The normalized spacial score (nSPS) is 10.6. The largest absolute Gasteiger partial charge is 0.475 e. The van der Waals surface area contributed by atoms with Crippen molar-refractivity contribution in [2.75, 3.05) is 25.6 Å². The van der Waals surface area contributed by atoms with Crippen molar-refractivity contribution in [3.05, 3.63) is 48.8 Å². The number of nitrogens with one attached hydrogen (secondary N) is 1. The fraction of sp³-hybridized carbons (Fsp3) is 0.211. The zero-order valence-electron chi connectivity index (χ0n) is 14.2. The third-order valence-corrected chi connectivity index (χ3v) is 3.66. The Morgan fingerprint density at radius 1 is 1.04 bits per heavy atom. The summed E-state index contributed by atoms with van der Waals surface area (Å²) in [4.78, 5) is 19.6. The molecule has 0 bridgehead atoms. The van der Waals surface area contributed by atoms with E-state index in [9.17, 15) is 4.79 Å². The molecule has 0 aliphatic carbocycles. The minimum Gasteiger partial charge on any atom is -0.475 e. The maximum Gasteiger partial charge on any atom is 0.224 e. The summed E-state index contributed by atoms with van der Waals surface area (Å²) in [6.45, 7) is 2.41. The summed E-state index contributed by atoms with van der Waals surface area (Å²) >= 11 is 0. The van der Waals surface area contributed by atoms with Crippen LogP contribution in [0.5, 0.6) is 5.88 Å². The van der Waals surface area contributed by atoms with E-state index < -0.39 is 0 Å². The van der Waals surface area contributed by atoms with Crippen LogP contribution < -0.4 is 10.1 Å².